The van der Waals surface area contributed by atoms with Gasteiger partial charge in [-0.15, -0.1) is 0 Å². The quantitative estimate of drug-likeness (QED) is 0.819. The third kappa shape index (κ3) is 5.01. The van der Waals surface area contributed by atoms with Crippen molar-refractivity contribution in [1.29, 1.82) is 0 Å². The molecule has 1 aromatic heterocycles. The highest BCUT2D eigenvalue weighted by atomic mass is 16.3. The molecule has 0 unspecified atom stereocenters. The molecule has 1 amide bonds. The third-order valence-corrected chi connectivity index (χ3v) is 5.79. The third-order valence-electron chi connectivity index (χ3n) is 5.79. The summed E-state index contributed by atoms with van der Waals surface area (Å²) in [5.41, 5.74) is 3.08. The number of amides is 1. The number of nitrogens with zero attached hydrogens (tertiary/aromatic N) is 3. The number of carbonyl (C=O) groups is 1. The maximum atomic E-state index is 13.4. The number of aromatic hydroxyl groups is 1. The first-order valence-electron chi connectivity index (χ1n) is 10.8. The first kappa shape index (κ1) is 22.3. The zero-order valence-electron chi connectivity index (χ0n) is 19.2. The van der Waals surface area contributed by atoms with Crippen molar-refractivity contribution in [1.82, 2.24) is 14.8 Å². The molecule has 1 saturated heterocycles. The molecule has 2 heterocycles. The Labute approximate surface area is 180 Å². The number of phenols is 1. The molecule has 0 atom stereocenters. The molecular formula is C25H35N3O2. The molecule has 1 aliphatic rings. The summed E-state index contributed by atoms with van der Waals surface area (Å²) >= 11 is 0. The highest BCUT2D eigenvalue weighted by molar-refractivity contribution is 5.95. The molecule has 5 nitrogen and oxygen atoms in total. The van der Waals surface area contributed by atoms with Crippen LogP contribution in [0.15, 0.2) is 36.7 Å². The molecule has 0 aliphatic carbocycles. The monoisotopic (exact) mass is 409 g/mol. The largest absolute Gasteiger partial charge is 0.507 e. The zero-order valence-corrected chi connectivity index (χ0v) is 19.2. The van der Waals surface area contributed by atoms with E-state index in [1.807, 2.05) is 41.6 Å². The van der Waals surface area contributed by atoms with Crippen LogP contribution in [0.3, 0.4) is 0 Å². The van der Waals surface area contributed by atoms with Crippen LogP contribution in [-0.2, 0) is 17.4 Å². The second kappa shape index (κ2) is 8.38. The van der Waals surface area contributed by atoms with Crippen LogP contribution in [0.2, 0.25) is 0 Å². The van der Waals surface area contributed by atoms with Crippen LogP contribution in [-0.4, -0.2) is 52.0 Å². The molecular weight excluding hydrogens is 374 g/mol. The lowest BCUT2D eigenvalue weighted by Crippen LogP contribution is -2.48. The lowest BCUT2D eigenvalue weighted by molar-refractivity contribution is 0.0628. The van der Waals surface area contributed by atoms with Crippen LogP contribution in [0.1, 0.15) is 68.6 Å². The van der Waals surface area contributed by atoms with Crippen LogP contribution < -0.4 is 0 Å². The molecule has 0 saturated carbocycles. The van der Waals surface area contributed by atoms with Crippen molar-refractivity contribution in [2.75, 3.05) is 26.2 Å². The first-order chi connectivity index (χ1) is 14.0. The molecule has 1 N–H and O–H groups in total. The van der Waals surface area contributed by atoms with Crippen LogP contribution in [0, 0.1) is 0 Å². The average Bonchev–Trinajstić information content (AvgIpc) is 2.67. The summed E-state index contributed by atoms with van der Waals surface area (Å²) in [5, 5.41) is 10.9. The molecule has 30 heavy (non-hydrogen) atoms. The number of rotatable bonds is 3. The fourth-order valence-corrected chi connectivity index (χ4v) is 3.94. The van der Waals surface area contributed by atoms with E-state index in [0.717, 1.165) is 30.8 Å². The molecule has 0 bridgehead atoms. The second-order valence-corrected chi connectivity index (χ2v) is 10.3. The lowest BCUT2D eigenvalue weighted by atomic mass is 9.78. The smallest absolute Gasteiger partial charge is 0.253 e. The van der Waals surface area contributed by atoms with Gasteiger partial charge in [0, 0.05) is 61.8 Å². The maximum Gasteiger partial charge on any atom is 0.253 e. The Morgan fingerprint density at radius 3 is 1.90 bits per heavy atom. The fourth-order valence-electron chi connectivity index (χ4n) is 3.94. The minimum absolute atomic E-state index is 0.0505. The van der Waals surface area contributed by atoms with E-state index in [1.165, 1.54) is 5.56 Å². The minimum atomic E-state index is -0.246. The second-order valence-electron chi connectivity index (χ2n) is 10.3. The van der Waals surface area contributed by atoms with E-state index in [9.17, 15) is 9.90 Å². The van der Waals surface area contributed by atoms with E-state index in [4.69, 9.17) is 0 Å². The van der Waals surface area contributed by atoms with E-state index in [2.05, 4.69) is 51.4 Å². The number of phenolic OH excluding ortho intramolecular Hbond substituents is 1. The van der Waals surface area contributed by atoms with E-state index in [0.29, 0.717) is 24.4 Å². The summed E-state index contributed by atoms with van der Waals surface area (Å²) in [5.74, 6) is 0.364. The van der Waals surface area contributed by atoms with E-state index in [-0.39, 0.29) is 16.7 Å². The molecule has 2 aromatic rings. The van der Waals surface area contributed by atoms with Crippen LogP contribution in [0.5, 0.6) is 5.75 Å². The molecule has 5 heteroatoms. The predicted molar refractivity (Wildman–Crippen MR) is 121 cm³/mol. The highest BCUT2D eigenvalue weighted by Gasteiger charge is 2.30. The molecule has 3 rings (SSSR count). The summed E-state index contributed by atoms with van der Waals surface area (Å²) in [6.45, 7) is 16.4. The van der Waals surface area contributed by atoms with Gasteiger partial charge in [0.05, 0.1) is 0 Å². The number of hydrogen-bond acceptors (Lipinski definition) is 4. The van der Waals surface area contributed by atoms with Crippen molar-refractivity contribution in [2.24, 2.45) is 0 Å². The summed E-state index contributed by atoms with van der Waals surface area (Å²) < 4.78 is 0. The van der Waals surface area contributed by atoms with Crippen molar-refractivity contribution < 1.29 is 9.90 Å². The standard InChI is InChI=1S/C25H35N3O2/c1-24(2,3)20-15-19(16-21(22(20)29)25(4,5)6)23(30)28-13-11-27(12-14-28)17-18-7-9-26-10-8-18/h7-10,15-16,29H,11-14,17H2,1-6H3. The number of pyridine rings is 1. The molecule has 1 aliphatic heterocycles. The first-order valence-corrected chi connectivity index (χ1v) is 10.8. The number of carbonyl (C=O) groups excluding carboxylic acids is 1. The SMILES string of the molecule is CC(C)(C)c1cc(C(=O)N2CCN(Cc3ccncc3)CC2)cc(C(C)(C)C)c1O. The van der Waals surface area contributed by atoms with Gasteiger partial charge in [0.15, 0.2) is 0 Å². The minimum Gasteiger partial charge on any atom is -0.507 e. The maximum absolute atomic E-state index is 13.4. The predicted octanol–water partition coefficient (Wildman–Crippen LogP) is 4.34. The van der Waals surface area contributed by atoms with Gasteiger partial charge in [-0.1, -0.05) is 41.5 Å². The molecule has 0 radical (unpaired) electrons. The van der Waals surface area contributed by atoms with Crippen LogP contribution in [0.25, 0.3) is 0 Å². The molecule has 162 valence electrons. The Morgan fingerprint density at radius 2 is 1.43 bits per heavy atom. The Morgan fingerprint density at radius 1 is 0.933 bits per heavy atom. The van der Waals surface area contributed by atoms with Crippen molar-refractivity contribution in [2.45, 2.75) is 58.9 Å². The zero-order chi connectivity index (χ0) is 22.1. The van der Waals surface area contributed by atoms with Gasteiger partial charge in [0.25, 0.3) is 5.91 Å². The Hall–Kier alpha value is -2.40. The summed E-state index contributed by atoms with van der Waals surface area (Å²) in [7, 11) is 0. The Balaban J connectivity index is 1.78. The van der Waals surface area contributed by atoms with E-state index < -0.39 is 0 Å². The summed E-state index contributed by atoms with van der Waals surface area (Å²) in [4.78, 5) is 21.7. The van der Waals surface area contributed by atoms with Crippen molar-refractivity contribution >= 4 is 5.91 Å². The van der Waals surface area contributed by atoms with E-state index >= 15 is 0 Å². The van der Waals surface area contributed by atoms with Crippen LogP contribution in [0.4, 0.5) is 0 Å². The number of benzene rings is 1. The van der Waals surface area contributed by atoms with Gasteiger partial charge < -0.3 is 10.0 Å². The van der Waals surface area contributed by atoms with Crippen molar-refractivity contribution in [3.05, 3.63) is 58.9 Å². The highest BCUT2D eigenvalue weighted by Crippen LogP contribution is 2.40. The normalized spacial score (nSPS) is 16.0. The van der Waals surface area contributed by atoms with Gasteiger partial charge in [-0.2, -0.15) is 0 Å². The average molecular weight is 410 g/mol. The van der Waals surface area contributed by atoms with Gasteiger partial charge in [0.2, 0.25) is 0 Å². The number of piperazine rings is 1. The van der Waals surface area contributed by atoms with Crippen molar-refractivity contribution in [3.63, 3.8) is 0 Å². The number of hydrogen-bond donors (Lipinski definition) is 1. The summed E-state index contributed by atoms with van der Waals surface area (Å²) in [6, 6.07) is 7.85. The van der Waals surface area contributed by atoms with Gasteiger partial charge in [-0.3, -0.25) is 14.7 Å². The molecule has 0 spiro atoms. The molecule has 1 fully saturated rings. The van der Waals surface area contributed by atoms with Crippen molar-refractivity contribution in [3.8, 4) is 5.75 Å². The van der Waals surface area contributed by atoms with Gasteiger partial charge in [0.1, 0.15) is 5.75 Å². The van der Waals surface area contributed by atoms with Gasteiger partial charge in [-0.05, 0) is 40.7 Å². The number of aromatic nitrogens is 1. The van der Waals surface area contributed by atoms with E-state index in [1.54, 1.807) is 0 Å². The Bertz CT molecular complexity index is 852. The fraction of sp³-hybridized carbons (Fsp3) is 0.520. The van der Waals surface area contributed by atoms with Gasteiger partial charge in [-0.25, -0.2) is 0 Å². The lowest BCUT2D eigenvalue weighted by Gasteiger charge is -2.35. The topological polar surface area (TPSA) is 56.7 Å². The van der Waals surface area contributed by atoms with Gasteiger partial charge >= 0.3 is 0 Å². The van der Waals surface area contributed by atoms with Crippen LogP contribution >= 0.6 is 0 Å². The molecule has 1 aromatic carbocycles. The summed E-state index contributed by atoms with van der Waals surface area (Å²) in [6.07, 6.45) is 3.64. The Kier molecular flexibility index (Phi) is 6.23.